The lowest BCUT2D eigenvalue weighted by Crippen LogP contribution is -2.37. The summed E-state index contributed by atoms with van der Waals surface area (Å²) in [6.07, 6.45) is -4.35. The van der Waals surface area contributed by atoms with E-state index >= 15 is 0 Å². The summed E-state index contributed by atoms with van der Waals surface area (Å²) in [5, 5.41) is 13.3. The summed E-state index contributed by atoms with van der Waals surface area (Å²) >= 11 is 0. The fraction of sp³-hybridized carbons (Fsp3) is 0.571. The summed E-state index contributed by atoms with van der Waals surface area (Å²) < 4.78 is 37.3. The van der Waals surface area contributed by atoms with Gasteiger partial charge in [-0.15, -0.1) is 0 Å². The van der Waals surface area contributed by atoms with E-state index in [0.29, 0.717) is 18.0 Å². The van der Waals surface area contributed by atoms with Crippen LogP contribution in [0.3, 0.4) is 0 Å². The first-order valence-electron chi connectivity index (χ1n) is 6.24. The Morgan fingerprint density at radius 2 is 1.58 bits per heavy atom. The molecule has 0 saturated carbocycles. The number of hydrogen-bond acceptors (Lipinski definition) is 2. The minimum absolute atomic E-state index is 0.302. The highest BCUT2D eigenvalue weighted by molar-refractivity contribution is 5.28. The maximum absolute atomic E-state index is 12.4. The highest BCUT2D eigenvalue weighted by Gasteiger charge is 2.31. The van der Waals surface area contributed by atoms with Crippen LogP contribution in [-0.4, -0.2) is 18.2 Å². The molecule has 0 amide bonds. The predicted molar refractivity (Wildman–Crippen MR) is 68.7 cm³/mol. The molecule has 1 aromatic rings. The molecule has 1 rings (SSSR count). The van der Waals surface area contributed by atoms with Gasteiger partial charge in [-0.1, -0.05) is 26.0 Å². The van der Waals surface area contributed by atoms with E-state index in [1.165, 1.54) is 12.1 Å². The zero-order valence-electron chi connectivity index (χ0n) is 11.4. The molecule has 5 heteroatoms. The largest absolute Gasteiger partial charge is 0.416 e. The van der Waals surface area contributed by atoms with E-state index in [1.807, 2.05) is 13.8 Å². The fourth-order valence-electron chi connectivity index (χ4n) is 1.72. The highest BCUT2D eigenvalue weighted by Crippen LogP contribution is 2.30. The quantitative estimate of drug-likeness (QED) is 0.865. The number of rotatable bonds is 5. The van der Waals surface area contributed by atoms with Crippen LogP contribution in [0.1, 0.15) is 31.9 Å². The van der Waals surface area contributed by atoms with Gasteiger partial charge in [0, 0.05) is 6.54 Å². The van der Waals surface area contributed by atoms with Gasteiger partial charge in [0.15, 0.2) is 0 Å². The number of alkyl halides is 3. The van der Waals surface area contributed by atoms with Crippen LogP contribution in [0.2, 0.25) is 0 Å². The predicted octanol–water partition coefficient (Wildman–Crippen LogP) is 3.16. The molecule has 0 aliphatic rings. The SMILES string of the molecule is CC(C)CNCC(C)(O)c1ccc(C(F)(F)F)cc1. The molecule has 0 saturated heterocycles. The molecule has 108 valence electrons. The second-order valence-electron chi connectivity index (χ2n) is 5.37. The van der Waals surface area contributed by atoms with Crippen molar-refractivity contribution in [2.45, 2.75) is 32.5 Å². The Hall–Kier alpha value is -1.07. The first kappa shape index (κ1) is 16.0. The third-order valence-corrected chi connectivity index (χ3v) is 2.86. The highest BCUT2D eigenvalue weighted by atomic mass is 19.4. The van der Waals surface area contributed by atoms with Crippen molar-refractivity contribution in [3.05, 3.63) is 35.4 Å². The van der Waals surface area contributed by atoms with E-state index in [2.05, 4.69) is 5.32 Å². The molecule has 0 bridgehead atoms. The van der Waals surface area contributed by atoms with Crippen LogP contribution in [-0.2, 0) is 11.8 Å². The van der Waals surface area contributed by atoms with Crippen LogP contribution in [0.5, 0.6) is 0 Å². The zero-order chi connectivity index (χ0) is 14.7. The zero-order valence-corrected chi connectivity index (χ0v) is 11.4. The Bertz CT molecular complexity index is 396. The molecule has 0 aliphatic carbocycles. The van der Waals surface area contributed by atoms with E-state index in [0.717, 1.165) is 18.7 Å². The lowest BCUT2D eigenvalue weighted by molar-refractivity contribution is -0.137. The molecule has 1 aromatic carbocycles. The van der Waals surface area contributed by atoms with E-state index in [4.69, 9.17) is 0 Å². The van der Waals surface area contributed by atoms with Crippen LogP contribution in [0.15, 0.2) is 24.3 Å². The molecule has 0 fully saturated rings. The van der Waals surface area contributed by atoms with Gasteiger partial charge >= 0.3 is 6.18 Å². The second kappa shape index (κ2) is 5.92. The monoisotopic (exact) mass is 275 g/mol. The summed E-state index contributed by atoms with van der Waals surface area (Å²) in [6.45, 7) is 6.72. The molecule has 2 nitrogen and oxygen atoms in total. The molecule has 19 heavy (non-hydrogen) atoms. The molecule has 1 atom stereocenters. The summed E-state index contributed by atoms with van der Waals surface area (Å²) in [4.78, 5) is 0. The molecule has 0 radical (unpaired) electrons. The Balaban J connectivity index is 2.73. The van der Waals surface area contributed by atoms with Crippen molar-refractivity contribution >= 4 is 0 Å². The van der Waals surface area contributed by atoms with Gasteiger partial charge in [-0.25, -0.2) is 0 Å². The van der Waals surface area contributed by atoms with E-state index < -0.39 is 17.3 Å². The van der Waals surface area contributed by atoms with Crippen LogP contribution in [0.25, 0.3) is 0 Å². The van der Waals surface area contributed by atoms with Gasteiger partial charge in [0.05, 0.1) is 11.2 Å². The van der Waals surface area contributed by atoms with Crippen molar-refractivity contribution in [1.82, 2.24) is 5.32 Å². The van der Waals surface area contributed by atoms with E-state index in [-0.39, 0.29) is 0 Å². The van der Waals surface area contributed by atoms with Crippen molar-refractivity contribution in [2.75, 3.05) is 13.1 Å². The molecule has 0 aliphatic heterocycles. The average molecular weight is 275 g/mol. The Labute approximate surface area is 111 Å². The first-order chi connectivity index (χ1) is 8.63. The van der Waals surface area contributed by atoms with Gasteiger partial charge in [-0.05, 0) is 37.1 Å². The lowest BCUT2D eigenvalue weighted by atomic mass is 9.94. The lowest BCUT2D eigenvalue weighted by Gasteiger charge is -2.25. The van der Waals surface area contributed by atoms with Gasteiger partial charge in [0.2, 0.25) is 0 Å². The summed E-state index contributed by atoms with van der Waals surface area (Å²) in [7, 11) is 0. The Morgan fingerprint density at radius 3 is 2.00 bits per heavy atom. The maximum Gasteiger partial charge on any atom is 0.416 e. The summed E-state index contributed by atoms with van der Waals surface area (Å²) in [6, 6.07) is 4.62. The van der Waals surface area contributed by atoms with Crippen LogP contribution < -0.4 is 5.32 Å². The van der Waals surface area contributed by atoms with Gasteiger partial charge < -0.3 is 10.4 Å². The third-order valence-electron chi connectivity index (χ3n) is 2.86. The molecule has 2 N–H and O–H groups in total. The van der Waals surface area contributed by atoms with Crippen molar-refractivity contribution in [3.8, 4) is 0 Å². The Morgan fingerprint density at radius 1 is 1.11 bits per heavy atom. The van der Waals surface area contributed by atoms with Gasteiger partial charge in [0.25, 0.3) is 0 Å². The normalized spacial score (nSPS) is 15.6. The van der Waals surface area contributed by atoms with Crippen LogP contribution >= 0.6 is 0 Å². The molecular weight excluding hydrogens is 255 g/mol. The van der Waals surface area contributed by atoms with Crippen LogP contribution in [0, 0.1) is 5.92 Å². The standard InChI is InChI=1S/C14H20F3NO/c1-10(2)8-18-9-13(3,19)11-4-6-12(7-5-11)14(15,16)17/h4-7,10,18-19H,8-9H2,1-3H3. The topological polar surface area (TPSA) is 32.3 Å². The fourth-order valence-corrected chi connectivity index (χ4v) is 1.72. The van der Waals surface area contributed by atoms with Gasteiger partial charge in [-0.2, -0.15) is 13.2 Å². The van der Waals surface area contributed by atoms with Crippen molar-refractivity contribution < 1.29 is 18.3 Å². The smallest absolute Gasteiger partial charge is 0.384 e. The molecule has 0 aromatic heterocycles. The van der Waals surface area contributed by atoms with Gasteiger partial charge in [-0.3, -0.25) is 0 Å². The minimum atomic E-state index is -4.35. The number of nitrogens with one attached hydrogen (secondary N) is 1. The number of hydrogen-bond donors (Lipinski definition) is 2. The number of halogens is 3. The molecular formula is C14H20F3NO. The number of benzene rings is 1. The number of aliphatic hydroxyl groups is 1. The third kappa shape index (κ3) is 4.84. The van der Waals surface area contributed by atoms with E-state index in [1.54, 1.807) is 6.92 Å². The van der Waals surface area contributed by atoms with Gasteiger partial charge in [0.1, 0.15) is 0 Å². The summed E-state index contributed by atoms with van der Waals surface area (Å²) in [5.74, 6) is 0.448. The minimum Gasteiger partial charge on any atom is -0.384 e. The molecule has 1 unspecified atom stereocenters. The Kier molecular flexibility index (Phi) is 4.98. The van der Waals surface area contributed by atoms with Crippen molar-refractivity contribution in [3.63, 3.8) is 0 Å². The average Bonchev–Trinajstić information content (AvgIpc) is 2.27. The van der Waals surface area contributed by atoms with Crippen LogP contribution in [0.4, 0.5) is 13.2 Å². The van der Waals surface area contributed by atoms with Crippen molar-refractivity contribution in [2.24, 2.45) is 5.92 Å². The van der Waals surface area contributed by atoms with Crippen molar-refractivity contribution in [1.29, 1.82) is 0 Å². The molecule has 0 heterocycles. The van der Waals surface area contributed by atoms with E-state index in [9.17, 15) is 18.3 Å². The summed E-state index contributed by atoms with van der Waals surface area (Å²) in [5.41, 5.74) is -1.42. The first-order valence-corrected chi connectivity index (χ1v) is 6.24. The maximum atomic E-state index is 12.4. The second-order valence-corrected chi connectivity index (χ2v) is 5.37. The molecule has 0 spiro atoms.